The van der Waals surface area contributed by atoms with Gasteiger partial charge in [0, 0.05) is 10.0 Å². The zero-order valence-electron chi connectivity index (χ0n) is 13.2. The number of nitrogens with one attached hydrogen (secondary N) is 1. The van der Waals surface area contributed by atoms with E-state index in [-0.39, 0.29) is 10.8 Å². The predicted octanol–water partition coefficient (Wildman–Crippen LogP) is 4.42. The van der Waals surface area contributed by atoms with Crippen molar-refractivity contribution < 1.29 is 0 Å². The molecule has 0 saturated heterocycles. The zero-order valence-corrected chi connectivity index (χ0v) is 15.6. The van der Waals surface area contributed by atoms with Crippen LogP contribution >= 0.6 is 28.1 Å². The summed E-state index contributed by atoms with van der Waals surface area (Å²) in [6.45, 7) is 1.98. The number of rotatable bonds is 3. The van der Waals surface area contributed by atoms with Gasteiger partial charge in [-0.3, -0.25) is 9.89 Å². The van der Waals surface area contributed by atoms with Crippen molar-refractivity contribution in [3.05, 3.63) is 68.9 Å². The van der Waals surface area contributed by atoms with Crippen molar-refractivity contribution in [1.82, 2.24) is 9.78 Å². The van der Waals surface area contributed by atoms with Gasteiger partial charge in [0.1, 0.15) is 0 Å². The maximum absolute atomic E-state index is 12.5. The van der Waals surface area contributed by atoms with E-state index >= 15 is 0 Å². The molecule has 25 heavy (non-hydrogen) atoms. The molecule has 0 unspecified atom stereocenters. The molecule has 3 aromatic rings. The number of nitrogens with zero attached hydrogens (tertiary/aromatic N) is 3. The number of thiocarbonyl (C=S) groups is 1. The maximum atomic E-state index is 12.5. The highest BCUT2D eigenvalue weighted by atomic mass is 79.9. The van der Waals surface area contributed by atoms with E-state index in [0.717, 1.165) is 20.3 Å². The van der Waals surface area contributed by atoms with Gasteiger partial charge in [0.25, 0.3) is 0 Å². The lowest BCUT2D eigenvalue weighted by molar-refractivity contribution is 0.910. The molecule has 1 heterocycles. The fourth-order valence-electron chi connectivity index (χ4n) is 2.23. The first-order valence-corrected chi connectivity index (χ1v) is 8.55. The van der Waals surface area contributed by atoms with Gasteiger partial charge in [-0.25, -0.2) is 0 Å². The zero-order chi connectivity index (χ0) is 18.0. The summed E-state index contributed by atoms with van der Waals surface area (Å²) in [6, 6.07) is 14.9. The Kier molecular flexibility index (Phi) is 4.91. The predicted molar refractivity (Wildman–Crippen MR) is 106 cm³/mol. The first kappa shape index (κ1) is 17.2. The van der Waals surface area contributed by atoms with Gasteiger partial charge in [-0.05, 0) is 36.8 Å². The number of halogens is 1. The van der Waals surface area contributed by atoms with E-state index in [4.69, 9.17) is 18.0 Å². The lowest BCUT2D eigenvalue weighted by Crippen LogP contribution is -2.29. The van der Waals surface area contributed by atoms with Crippen LogP contribution < -0.4 is 11.3 Å². The van der Waals surface area contributed by atoms with Crippen molar-refractivity contribution in [2.45, 2.75) is 6.92 Å². The Morgan fingerprint density at radius 3 is 2.56 bits per heavy atom. The third-order valence-electron chi connectivity index (χ3n) is 3.57. The molecule has 8 heteroatoms. The fraction of sp³-hybridized carbons (Fsp3) is 0.0588. The molecule has 0 aliphatic rings. The monoisotopic (exact) mass is 415 g/mol. The van der Waals surface area contributed by atoms with E-state index in [0.29, 0.717) is 11.4 Å². The molecule has 0 bridgehead atoms. The van der Waals surface area contributed by atoms with Crippen LogP contribution in [-0.2, 0) is 0 Å². The highest BCUT2D eigenvalue weighted by Crippen LogP contribution is 2.28. The van der Waals surface area contributed by atoms with Crippen molar-refractivity contribution in [2.75, 3.05) is 0 Å². The van der Waals surface area contributed by atoms with Crippen molar-refractivity contribution in [2.24, 2.45) is 16.0 Å². The minimum Gasteiger partial charge on any atom is -0.374 e. The molecule has 126 valence electrons. The van der Waals surface area contributed by atoms with Gasteiger partial charge in [-0.15, -0.1) is 5.11 Å². The van der Waals surface area contributed by atoms with Gasteiger partial charge in [-0.2, -0.15) is 9.80 Å². The summed E-state index contributed by atoms with van der Waals surface area (Å²) in [5.41, 5.74) is 8.31. The van der Waals surface area contributed by atoms with E-state index in [1.165, 1.54) is 0 Å². The van der Waals surface area contributed by atoms with Gasteiger partial charge >= 0.3 is 5.56 Å². The van der Waals surface area contributed by atoms with Crippen LogP contribution in [-0.4, -0.2) is 14.9 Å². The molecule has 0 aliphatic heterocycles. The van der Waals surface area contributed by atoms with Crippen molar-refractivity contribution in [3.63, 3.8) is 0 Å². The molecular formula is C17H14BrN5OS. The Hall–Kier alpha value is -2.58. The molecule has 0 saturated carbocycles. The summed E-state index contributed by atoms with van der Waals surface area (Å²) in [7, 11) is 0. The normalized spacial score (nSPS) is 11.1. The Labute approximate surface area is 157 Å². The summed E-state index contributed by atoms with van der Waals surface area (Å²) in [5, 5.41) is 11.1. The second-order valence-electron chi connectivity index (χ2n) is 5.31. The molecular weight excluding hydrogens is 402 g/mol. The molecule has 0 fully saturated rings. The number of aromatic nitrogens is 2. The highest BCUT2D eigenvalue weighted by Gasteiger charge is 2.17. The van der Waals surface area contributed by atoms with Crippen LogP contribution in [0, 0.1) is 6.92 Å². The molecule has 6 nitrogen and oxygen atoms in total. The summed E-state index contributed by atoms with van der Waals surface area (Å²) >= 11 is 8.37. The smallest absolute Gasteiger partial charge is 0.301 e. The van der Waals surface area contributed by atoms with Crippen LogP contribution in [0.2, 0.25) is 0 Å². The van der Waals surface area contributed by atoms with Gasteiger partial charge in [-0.1, -0.05) is 52.3 Å². The van der Waals surface area contributed by atoms with Crippen LogP contribution in [0.1, 0.15) is 5.56 Å². The Morgan fingerprint density at radius 1 is 1.20 bits per heavy atom. The van der Waals surface area contributed by atoms with E-state index < -0.39 is 5.56 Å². The molecule has 2 aromatic carbocycles. The lowest BCUT2D eigenvalue weighted by Gasteiger charge is -1.99. The van der Waals surface area contributed by atoms with Gasteiger partial charge < -0.3 is 5.73 Å². The summed E-state index contributed by atoms with van der Waals surface area (Å²) in [6.07, 6.45) is 0. The van der Waals surface area contributed by atoms with E-state index in [1.807, 2.05) is 55.5 Å². The lowest BCUT2D eigenvalue weighted by atomic mass is 10.1. The maximum Gasteiger partial charge on any atom is 0.301 e. The highest BCUT2D eigenvalue weighted by molar-refractivity contribution is 9.10. The average Bonchev–Trinajstić information content (AvgIpc) is 2.93. The second-order valence-corrected chi connectivity index (χ2v) is 6.59. The Bertz CT molecular complexity index is 1020. The second kappa shape index (κ2) is 7.12. The van der Waals surface area contributed by atoms with E-state index in [2.05, 4.69) is 31.3 Å². The molecule has 0 amide bonds. The molecule has 3 rings (SSSR count). The standard InChI is InChI=1S/C17H14BrN5OS/c1-10-7-8-12(9-13(10)18)20-21-15-14(11-5-3-2-4-6-11)22-23(16(15)24)17(19)25/h2-9,22H,1H3,(H2,19,25). The number of aromatic amines is 1. The van der Waals surface area contributed by atoms with E-state index in [1.54, 1.807) is 0 Å². The number of benzene rings is 2. The Balaban J connectivity index is 2.11. The summed E-state index contributed by atoms with van der Waals surface area (Å²) in [4.78, 5) is 12.5. The molecule has 0 atom stereocenters. The molecule has 0 radical (unpaired) electrons. The number of azo groups is 1. The van der Waals surface area contributed by atoms with Crippen LogP contribution in [0.3, 0.4) is 0 Å². The topological polar surface area (TPSA) is 88.5 Å². The minimum absolute atomic E-state index is 0.0817. The largest absolute Gasteiger partial charge is 0.374 e. The number of hydrogen-bond acceptors (Lipinski definition) is 4. The molecule has 1 aromatic heterocycles. The number of hydrogen-bond donors (Lipinski definition) is 2. The van der Waals surface area contributed by atoms with Crippen LogP contribution in [0.25, 0.3) is 11.3 Å². The Morgan fingerprint density at radius 2 is 1.92 bits per heavy atom. The summed E-state index contributed by atoms with van der Waals surface area (Å²) in [5.74, 6) is 0. The minimum atomic E-state index is -0.443. The van der Waals surface area contributed by atoms with E-state index in [9.17, 15) is 4.79 Å². The first-order valence-electron chi connectivity index (χ1n) is 7.35. The van der Waals surface area contributed by atoms with Crippen molar-refractivity contribution >= 4 is 44.6 Å². The van der Waals surface area contributed by atoms with Crippen LogP contribution in [0.4, 0.5) is 11.4 Å². The summed E-state index contributed by atoms with van der Waals surface area (Å²) < 4.78 is 2.00. The van der Waals surface area contributed by atoms with Crippen molar-refractivity contribution in [1.29, 1.82) is 0 Å². The number of H-pyrrole nitrogens is 1. The first-order chi connectivity index (χ1) is 12.0. The van der Waals surface area contributed by atoms with Crippen molar-refractivity contribution in [3.8, 4) is 11.3 Å². The van der Waals surface area contributed by atoms with Gasteiger partial charge in [0.15, 0.2) is 10.8 Å². The SMILES string of the molecule is Cc1ccc(N=Nc2c(-c3ccccc3)[nH]n(C(N)=S)c2=O)cc1Br. The van der Waals surface area contributed by atoms with Gasteiger partial charge in [0.05, 0.1) is 11.4 Å². The average molecular weight is 416 g/mol. The third kappa shape index (κ3) is 3.59. The molecule has 0 spiro atoms. The molecule has 0 aliphatic carbocycles. The fourth-order valence-corrected chi connectivity index (χ4v) is 2.73. The quantitative estimate of drug-likeness (QED) is 0.489. The third-order valence-corrected chi connectivity index (χ3v) is 4.61. The number of nitrogens with two attached hydrogens (primary N) is 1. The molecule has 3 N–H and O–H groups in total. The number of aryl methyl sites for hydroxylation is 1. The van der Waals surface area contributed by atoms with Crippen LogP contribution in [0.15, 0.2) is 68.0 Å². The van der Waals surface area contributed by atoms with Gasteiger partial charge in [0.2, 0.25) is 0 Å². The van der Waals surface area contributed by atoms with Crippen LogP contribution in [0.5, 0.6) is 0 Å².